The van der Waals surface area contributed by atoms with E-state index in [0.717, 1.165) is 12.0 Å². The Bertz CT molecular complexity index is 901. The van der Waals surface area contributed by atoms with Crippen LogP contribution in [0.2, 0.25) is 0 Å². The molecule has 3 rings (SSSR count). The summed E-state index contributed by atoms with van der Waals surface area (Å²) in [4.78, 5) is 25.4. The van der Waals surface area contributed by atoms with Crippen molar-refractivity contribution < 1.29 is 28.9 Å². The summed E-state index contributed by atoms with van der Waals surface area (Å²) in [7, 11) is 1.25. The Hall–Kier alpha value is -2.44. The minimum atomic E-state index is -1.84. The molecule has 0 bridgehead atoms. The Morgan fingerprint density at radius 3 is 2.70 bits per heavy atom. The van der Waals surface area contributed by atoms with Gasteiger partial charge in [0, 0.05) is 11.5 Å². The van der Waals surface area contributed by atoms with Crippen molar-refractivity contribution in [2.75, 3.05) is 7.11 Å². The van der Waals surface area contributed by atoms with Crippen molar-refractivity contribution in [2.45, 2.75) is 52.4 Å². The average Bonchev–Trinajstić information content (AvgIpc) is 2.92. The van der Waals surface area contributed by atoms with Crippen LogP contribution >= 0.6 is 0 Å². The number of carbonyl (C=O) groups is 2. The lowest BCUT2D eigenvalue weighted by Gasteiger charge is -2.36. The van der Waals surface area contributed by atoms with E-state index in [1.165, 1.54) is 26.4 Å². The summed E-state index contributed by atoms with van der Waals surface area (Å²) >= 11 is 0. The highest BCUT2D eigenvalue weighted by molar-refractivity contribution is 6.02. The van der Waals surface area contributed by atoms with Gasteiger partial charge in [-0.1, -0.05) is 38.0 Å². The summed E-state index contributed by atoms with van der Waals surface area (Å²) in [6, 6.07) is 0. The fourth-order valence-corrected chi connectivity index (χ4v) is 4.40. The lowest BCUT2D eigenvalue weighted by atomic mass is 9.67. The smallest absolute Gasteiger partial charge is 0.314 e. The maximum Gasteiger partial charge on any atom is 0.314 e. The van der Waals surface area contributed by atoms with Gasteiger partial charge >= 0.3 is 5.97 Å². The SMILES string of the molecule is CCC(C)C=C(C)C=CC1=CC2=CC(=O)C3(C)OC(C)(O)C(C(=O)OC)C3C2=CO1. The molecule has 0 aromatic heterocycles. The number of hydrogen-bond acceptors (Lipinski definition) is 6. The minimum absolute atomic E-state index is 0.305. The number of carbonyl (C=O) groups excluding carboxylic acids is 2. The Morgan fingerprint density at radius 1 is 1.37 bits per heavy atom. The first-order chi connectivity index (χ1) is 14.0. The fourth-order valence-electron chi connectivity index (χ4n) is 4.40. The van der Waals surface area contributed by atoms with Crippen LogP contribution in [0.4, 0.5) is 0 Å². The standard InChI is InChI=1S/C24H30O6/c1-7-14(2)10-15(3)8-9-17-11-16-12-19(25)23(4)20(18(16)13-29-17)21(22(26)28-6)24(5,27)30-23/h8-14,20-21,27H,7H2,1-6H3. The second-order valence-corrected chi connectivity index (χ2v) is 8.57. The van der Waals surface area contributed by atoms with E-state index < -0.39 is 29.2 Å². The molecule has 1 saturated heterocycles. The first-order valence-corrected chi connectivity index (χ1v) is 10.2. The van der Waals surface area contributed by atoms with E-state index >= 15 is 0 Å². The van der Waals surface area contributed by atoms with Crippen molar-refractivity contribution in [3.8, 4) is 0 Å². The third-order valence-electron chi connectivity index (χ3n) is 6.14. The van der Waals surface area contributed by atoms with E-state index in [4.69, 9.17) is 14.2 Å². The number of esters is 1. The first-order valence-electron chi connectivity index (χ1n) is 10.2. The van der Waals surface area contributed by atoms with Crippen LogP contribution in [0.1, 0.15) is 41.0 Å². The van der Waals surface area contributed by atoms with Crippen LogP contribution in [0.15, 0.2) is 59.1 Å². The van der Waals surface area contributed by atoms with E-state index in [-0.39, 0.29) is 5.78 Å². The second-order valence-electron chi connectivity index (χ2n) is 8.57. The van der Waals surface area contributed by atoms with Crippen LogP contribution in [0, 0.1) is 17.8 Å². The molecule has 0 aromatic rings. The molecular formula is C24H30O6. The van der Waals surface area contributed by atoms with E-state index in [1.54, 1.807) is 13.0 Å². The molecule has 6 nitrogen and oxygen atoms in total. The zero-order valence-electron chi connectivity index (χ0n) is 18.4. The largest absolute Gasteiger partial charge is 0.469 e. The van der Waals surface area contributed by atoms with Crippen molar-refractivity contribution in [3.63, 3.8) is 0 Å². The van der Waals surface area contributed by atoms with Gasteiger partial charge in [-0.2, -0.15) is 0 Å². The highest BCUT2D eigenvalue weighted by Gasteiger charge is 2.66. The number of rotatable bonds is 5. The Morgan fingerprint density at radius 2 is 2.07 bits per heavy atom. The van der Waals surface area contributed by atoms with Crippen LogP contribution in [-0.2, 0) is 23.8 Å². The third kappa shape index (κ3) is 3.82. The molecule has 30 heavy (non-hydrogen) atoms. The molecule has 0 amide bonds. The van der Waals surface area contributed by atoms with Crippen molar-refractivity contribution in [1.82, 2.24) is 0 Å². The lowest BCUT2D eigenvalue weighted by Crippen LogP contribution is -2.46. The highest BCUT2D eigenvalue weighted by atomic mass is 16.7. The molecule has 2 heterocycles. The predicted molar refractivity (Wildman–Crippen MR) is 112 cm³/mol. The molecule has 5 atom stereocenters. The predicted octanol–water partition coefficient (Wildman–Crippen LogP) is 3.74. The van der Waals surface area contributed by atoms with Crippen molar-refractivity contribution in [3.05, 3.63) is 59.1 Å². The summed E-state index contributed by atoms with van der Waals surface area (Å²) in [5.74, 6) is -3.48. The van der Waals surface area contributed by atoms with E-state index in [2.05, 4.69) is 19.9 Å². The molecule has 1 fully saturated rings. The minimum Gasteiger partial charge on any atom is -0.469 e. The highest BCUT2D eigenvalue weighted by Crippen LogP contribution is 2.54. The number of allylic oxidation sites excluding steroid dienone is 6. The van der Waals surface area contributed by atoms with E-state index in [9.17, 15) is 14.7 Å². The molecule has 1 N–H and O–H groups in total. The maximum atomic E-state index is 12.9. The molecule has 0 spiro atoms. The fraction of sp³-hybridized carbons (Fsp3) is 0.500. The Kier molecular flexibility index (Phi) is 5.94. The molecule has 1 aliphatic carbocycles. The van der Waals surface area contributed by atoms with Crippen LogP contribution < -0.4 is 0 Å². The van der Waals surface area contributed by atoms with Gasteiger partial charge in [0.1, 0.15) is 17.3 Å². The second kappa shape index (κ2) is 8.00. The molecule has 0 radical (unpaired) electrons. The van der Waals surface area contributed by atoms with Gasteiger partial charge in [0.2, 0.25) is 0 Å². The topological polar surface area (TPSA) is 82.1 Å². The number of ether oxygens (including phenoxy) is 3. The maximum absolute atomic E-state index is 12.9. The number of fused-ring (bicyclic) bond motifs is 3. The van der Waals surface area contributed by atoms with Gasteiger partial charge in [0.15, 0.2) is 11.6 Å². The van der Waals surface area contributed by atoms with Gasteiger partial charge < -0.3 is 19.3 Å². The molecule has 0 aromatic carbocycles. The summed E-state index contributed by atoms with van der Waals surface area (Å²) in [6.07, 6.45) is 11.9. The van der Waals surface area contributed by atoms with Gasteiger partial charge in [-0.05, 0) is 50.5 Å². The molecular weight excluding hydrogens is 384 g/mol. The van der Waals surface area contributed by atoms with Crippen molar-refractivity contribution >= 4 is 11.8 Å². The van der Waals surface area contributed by atoms with Crippen LogP contribution in [0.5, 0.6) is 0 Å². The zero-order chi connectivity index (χ0) is 22.3. The Labute approximate surface area is 177 Å². The summed E-state index contributed by atoms with van der Waals surface area (Å²) < 4.78 is 16.4. The van der Waals surface area contributed by atoms with Gasteiger partial charge in [0.05, 0.1) is 13.4 Å². The van der Waals surface area contributed by atoms with Gasteiger partial charge in [-0.3, -0.25) is 9.59 Å². The first kappa shape index (κ1) is 22.2. The Balaban J connectivity index is 1.94. The summed E-state index contributed by atoms with van der Waals surface area (Å²) in [6.45, 7) is 9.30. The van der Waals surface area contributed by atoms with Gasteiger partial charge in [-0.15, -0.1) is 0 Å². The van der Waals surface area contributed by atoms with Gasteiger partial charge in [0.25, 0.3) is 0 Å². The summed E-state index contributed by atoms with van der Waals surface area (Å²) in [5, 5.41) is 10.8. The molecule has 6 heteroatoms. The normalized spacial score (nSPS) is 34.4. The lowest BCUT2D eigenvalue weighted by molar-refractivity contribution is -0.223. The molecule has 3 aliphatic rings. The molecule has 2 aliphatic heterocycles. The average molecular weight is 414 g/mol. The van der Waals surface area contributed by atoms with Crippen molar-refractivity contribution in [1.29, 1.82) is 0 Å². The number of aliphatic hydroxyl groups is 1. The van der Waals surface area contributed by atoms with Crippen LogP contribution in [0.25, 0.3) is 0 Å². The van der Waals surface area contributed by atoms with E-state index in [1.807, 2.05) is 19.1 Å². The third-order valence-corrected chi connectivity index (χ3v) is 6.14. The molecule has 5 unspecified atom stereocenters. The zero-order valence-corrected chi connectivity index (χ0v) is 18.4. The molecule has 0 saturated carbocycles. The van der Waals surface area contributed by atoms with Gasteiger partial charge in [-0.25, -0.2) is 0 Å². The quantitative estimate of drug-likeness (QED) is 0.545. The summed E-state index contributed by atoms with van der Waals surface area (Å²) in [5.41, 5.74) is 1.02. The number of hydrogen-bond donors (Lipinski definition) is 1. The van der Waals surface area contributed by atoms with Crippen molar-refractivity contribution in [2.24, 2.45) is 17.8 Å². The molecule has 162 valence electrons. The monoisotopic (exact) mass is 414 g/mol. The number of methoxy groups -OCH3 is 1. The van der Waals surface area contributed by atoms with Crippen LogP contribution in [-0.4, -0.2) is 35.4 Å². The van der Waals surface area contributed by atoms with Crippen LogP contribution in [0.3, 0.4) is 0 Å². The van der Waals surface area contributed by atoms with E-state index in [0.29, 0.717) is 22.8 Å². The number of ketones is 1.